The van der Waals surface area contributed by atoms with Crippen molar-refractivity contribution in [1.29, 1.82) is 0 Å². The predicted octanol–water partition coefficient (Wildman–Crippen LogP) is 1.34. The van der Waals surface area contributed by atoms with E-state index in [0.717, 1.165) is 11.1 Å². The maximum atomic E-state index is 11.7. The molecule has 0 spiro atoms. The first-order valence-corrected chi connectivity index (χ1v) is 11.4. The summed E-state index contributed by atoms with van der Waals surface area (Å²) in [7, 11) is -4.67. The first-order chi connectivity index (χ1) is 15.1. The minimum atomic E-state index is -4.67. The van der Waals surface area contributed by atoms with Crippen molar-refractivity contribution in [2.75, 3.05) is 13.3 Å². The Balaban J connectivity index is 1.62. The summed E-state index contributed by atoms with van der Waals surface area (Å²) in [5.74, 6) is -1.70. The monoisotopic (exact) mass is 472 g/mol. The molecular formula is C19H25N2O10P. The number of amides is 3. The zero-order valence-corrected chi connectivity index (χ0v) is 18.1. The van der Waals surface area contributed by atoms with Crippen molar-refractivity contribution >= 4 is 31.7 Å². The number of phosphoric acid groups is 1. The molecule has 13 heteroatoms. The number of nitrogens with zero attached hydrogens (tertiary/aromatic N) is 1. The van der Waals surface area contributed by atoms with Crippen molar-refractivity contribution in [3.8, 4) is 0 Å². The number of aryl methyl sites for hydroxylation is 2. The average Bonchev–Trinajstić information content (AvgIpc) is 3.02. The zero-order valence-electron chi connectivity index (χ0n) is 17.2. The van der Waals surface area contributed by atoms with E-state index in [1.165, 1.54) is 0 Å². The summed E-state index contributed by atoms with van der Waals surface area (Å²) in [5.41, 5.74) is 2.03. The van der Waals surface area contributed by atoms with E-state index in [2.05, 4.69) is 14.6 Å². The molecule has 1 aromatic carbocycles. The lowest BCUT2D eigenvalue weighted by Gasteiger charge is -2.13. The van der Waals surface area contributed by atoms with Gasteiger partial charge in [-0.15, -0.1) is 5.06 Å². The summed E-state index contributed by atoms with van der Waals surface area (Å²) in [6, 6.07) is 7.69. The lowest BCUT2D eigenvalue weighted by Crippen LogP contribution is -2.37. The first-order valence-electron chi connectivity index (χ1n) is 9.89. The maximum Gasteiger partial charge on any atom is 0.472 e. The van der Waals surface area contributed by atoms with Crippen molar-refractivity contribution < 1.29 is 47.6 Å². The van der Waals surface area contributed by atoms with Crippen LogP contribution in [0.4, 0.5) is 4.79 Å². The van der Waals surface area contributed by atoms with Crippen LogP contribution in [0.1, 0.15) is 43.2 Å². The molecule has 1 saturated heterocycles. The van der Waals surface area contributed by atoms with Crippen LogP contribution >= 0.6 is 7.82 Å². The third-order valence-electron chi connectivity index (χ3n) is 4.37. The summed E-state index contributed by atoms with van der Waals surface area (Å²) in [5, 5.41) is 2.98. The second-order valence-electron chi connectivity index (χ2n) is 6.92. The number of esters is 1. The molecule has 0 radical (unpaired) electrons. The second-order valence-corrected chi connectivity index (χ2v) is 8.16. The number of ether oxygens (including phenoxy) is 1. The predicted molar refractivity (Wildman–Crippen MR) is 107 cm³/mol. The topological polar surface area (TPSA) is 169 Å². The van der Waals surface area contributed by atoms with Crippen LogP contribution in [-0.2, 0) is 45.9 Å². The maximum absolute atomic E-state index is 11.7. The number of carbonyl (C=O) groups excluding carboxylic acids is 4. The normalized spacial score (nSPS) is 13.9. The summed E-state index contributed by atoms with van der Waals surface area (Å²) < 4.78 is 19.1. The Labute approximate surface area is 184 Å². The molecule has 0 bridgehead atoms. The molecule has 1 heterocycles. The van der Waals surface area contributed by atoms with Crippen LogP contribution in [0.25, 0.3) is 0 Å². The molecule has 2 rings (SSSR count). The van der Waals surface area contributed by atoms with Gasteiger partial charge in [-0.2, -0.15) is 0 Å². The molecule has 1 aliphatic heterocycles. The van der Waals surface area contributed by atoms with Crippen molar-refractivity contribution in [1.82, 2.24) is 10.4 Å². The van der Waals surface area contributed by atoms with Crippen LogP contribution in [0.15, 0.2) is 24.3 Å². The summed E-state index contributed by atoms with van der Waals surface area (Å²) in [4.78, 5) is 67.7. The van der Waals surface area contributed by atoms with Crippen LogP contribution in [-0.4, -0.2) is 52.1 Å². The summed E-state index contributed by atoms with van der Waals surface area (Å²) >= 11 is 0. The summed E-state index contributed by atoms with van der Waals surface area (Å²) in [6.45, 7) is -0.507. The van der Waals surface area contributed by atoms with Crippen LogP contribution in [0.5, 0.6) is 0 Å². The van der Waals surface area contributed by atoms with Gasteiger partial charge >= 0.3 is 19.9 Å². The molecular weight excluding hydrogens is 447 g/mol. The fourth-order valence-electron chi connectivity index (χ4n) is 2.87. The van der Waals surface area contributed by atoms with E-state index in [9.17, 15) is 23.7 Å². The van der Waals surface area contributed by atoms with Crippen LogP contribution < -0.4 is 5.32 Å². The van der Waals surface area contributed by atoms with E-state index in [-0.39, 0.29) is 19.3 Å². The number of hydroxylamine groups is 2. The molecule has 12 nitrogen and oxygen atoms in total. The molecule has 0 atom stereocenters. The highest BCUT2D eigenvalue weighted by Gasteiger charge is 2.32. The van der Waals surface area contributed by atoms with Gasteiger partial charge in [-0.1, -0.05) is 24.3 Å². The van der Waals surface area contributed by atoms with Gasteiger partial charge in [0.1, 0.15) is 0 Å². The molecule has 0 aromatic heterocycles. The Bertz CT molecular complexity index is 869. The van der Waals surface area contributed by atoms with Gasteiger partial charge in [-0.3, -0.25) is 14.4 Å². The third-order valence-corrected chi connectivity index (χ3v) is 4.81. The third kappa shape index (κ3) is 9.56. The molecule has 3 N–H and O–H groups in total. The van der Waals surface area contributed by atoms with Gasteiger partial charge in [0.2, 0.25) is 6.79 Å². The molecule has 0 aliphatic carbocycles. The van der Waals surface area contributed by atoms with Crippen molar-refractivity contribution in [2.45, 2.75) is 44.9 Å². The Morgan fingerprint density at radius 2 is 1.69 bits per heavy atom. The molecule has 32 heavy (non-hydrogen) atoms. The van der Waals surface area contributed by atoms with Gasteiger partial charge in [0, 0.05) is 25.8 Å². The lowest BCUT2D eigenvalue weighted by molar-refractivity contribution is -0.171. The number of phosphoric ester groups is 1. The lowest BCUT2D eigenvalue weighted by atomic mass is 10.0. The zero-order chi connectivity index (χ0) is 23.6. The van der Waals surface area contributed by atoms with E-state index in [4.69, 9.17) is 14.6 Å². The standard InChI is InChI=1S/C19H25N2O10P/c22-16-9-10-17(23)21(16)31-19(25)20-11-3-7-15-5-1-4-14(12-15)6-2-8-18(24)29-13-30-32(26,27)28/h1,4-5,12H,2-3,6-11,13H2,(H,20,25)(H2,26,27,28). The highest BCUT2D eigenvalue weighted by Crippen LogP contribution is 2.35. The first kappa shape index (κ1) is 25.5. The molecule has 1 aliphatic rings. The molecule has 0 unspecified atom stereocenters. The molecule has 0 saturated carbocycles. The highest BCUT2D eigenvalue weighted by atomic mass is 31.2. The minimum absolute atomic E-state index is 0.0364. The Kier molecular flexibility index (Phi) is 9.79. The number of imide groups is 1. The number of hydrogen-bond donors (Lipinski definition) is 3. The van der Waals surface area contributed by atoms with Crippen molar-refractivity contribution in [3.05, 3.63) is 35.4 Å². The Morgan fingerprint density at radius 3 is 2.31 bits per heavy atom. The minimum Gasteiger partial charge on any atom is -0.438 e. The number of rotatable bonds is 12. The van der Waals surface area contributed by atoms with Crippen molar-refractivity contribution in [3.63, 3.8) is 0 Å². The molecule has 176 valence electrons. The molecule has 1 aromatic rings. The van der Waals surface area contributed by atoms with Gasteiger partial charge in [-0.05, 0) is 36.8 Å². The Morgan fingerprint density at radius 1 is 1.06 bits per heavy atom. The molecule has 3 amide bonds. The quantitative estimate of drug-likeness (QED) is 0.133. The van der Waals surface area contributed by atoms with Crippen LogP contribution in [0.3, 0.4) is 0 Å². The number of carbonyl (C=O) groups is 4. The fourth-order valence-corrected chi connectivity index (χ4v) is 3.06. The SMILES string of the molecule is O=C(CCCc1cccc(CCCNC(=O)ON2C(=O)CCC2=O)c1)OCOP(=O)(O)O. The highest BCUT2D eigenvalue weighted by molar-refractivity contribution is 7.46. The van der Waals surface area contributed by atoms with E-state index in [1.54, 1.807) is 0 Å². The van der Waals surface area contributed by atoms with Gasteiger partial charge < -0.3 is 24.7 Å². The van der Waals surface area contributed by atoms with Gasteiger partial charge in [0.15, 0.2) is 0 Å². The van der Waals surface area contributed by atoms with Gasteiger partial charge in [-0.25, -0.2) is 13.9 Å². The van der Waals surface area contributed by atoms with Crippen LogP contribution in [0.2, 0.25) is 0 Å². The smallest absolute Gasteiger partial charge is 0.438 e. The van der Waals surface area contributed by atoms with Gasteiger partial charge in [0.25, 0.3) is 11.8 Å². The summed E-state index contributed by atoms with van der Waals surface area (Å²) in [6.07, 6.45) is 1.64. The Hall–Kier alpha value is -2.79. The number of hydrogen-bond acceptors (Lipinski definition) is 8. The van der Waals surface area contributed by atoms with E-state index in [0.29, 0.717) is 37.3 Å². The van der Waals surface area contributed by atoms with Gasteiger partial charge in [0.05, 0.1) is 0 Å². The number of nitrogens with one attached hydrogen (secondary N) is 1. The van der Waals surface area contributed by atoms with E-state index < -0.39 is 38.5 Å². The van der Waals surface area contributed by atoms with E-state index >= 15 is 0 Å². The average molecular weight is 472 g/mol. The van der Waals surface area contributed by atoms with Crippen molar-refractivity contribution in [2.24, 2.45) is 0 Å². The fraction of sp³-hybridized carbons (Fsp3) is 0.474. The van der Waals surface area contributed by atoms with E-state index in [1.807, 2.05) is 24.3 Å². The molecule has 1 fully saturated rings. The second kappa shape index (κ2) is 12.3. The number of benzene rings is 1. The largest absolute Gasteiger partial charge is 0.472 e. The van der Waals surface area contributed by atoms with Crippen LogP contribution in [0, 0.1) is 0 Å².